The van der Waals surface area contributed by atoms with Crippen LogP contribution in [0.25, 0.3) is 0 Å². The molecule has 1 aliphatic heterocycles. The summed E-state index contributed by atoms with van der Waals surface area (Å²) in [6.45, 7) is 5.01. The number of amides is 1. The SMILES string of the molecule is CCN(c1ccc(C(=O)NCc2cccc(C)c2)nn1)C1CCS(=O)(=O)C1. The van der Waals surface area contributed by atoms with Crippen molar-refractivity contribution in [3.8, 4) is 0 Å². The van der Waals surface area contributed by atoms with Gasteiger partial charge in [-0.15, -0.1) is 10.2 Å². The van der Waals surface area contributed by atoms with Crippen molar-refractivity contribution in [2.45, 2.75) is 32.9 Å². The lowest BCUT2D eigenvalue weighted by molar-refractivity contribution is 0.0945. The van der Waals surface area contributed by atoms with Crippen LogP contribution in [0.3, 0.4) is 0 Å². The van der Waals surface area contributed by atoms with Gasteiger partial charge in [-0.3, -0.25) is 4.79 Å². The topological polar surface area (TPSA) is 92.3 Å². The van der Waals surface area contributed by atoms with Gasteiger partial charge in [-0.05, 0) is 38.0 Å². The van der Waals surface area contributed by atoms with Crippen LogP contribution in [0.15, 0.2) is 36.4 Å². The summed E-state index contributed by atoms with van der Waals surface area (Å²) in [6.07, 6.45) is 0.594. The maximum absolute atomic E-state index is 12.3. The molecule has 1 amide bonds. The Morgan fingerprint density at radius 3 is 2.67 bits per heavy atom. The fourth-order valence-corrected chi connectivity index (χ4v) is 5.05. The van der Waals surface area contributed by atoms with E-state index in [4.69, 9.17) is 0 Å². The Bertz CT molecular complexity index is 913. The molecule has 1 saturated heterocycles. The number of sulfone groups is 1. The predicted molar refractivity (Wildman–Crippen MR) is 104 cm³/mol. The molecule has 1 N–H and O–H groups in total. The van der Waals surface area contributed by atoms with Gasteiger partial charge in [0, 0.05) is 19.1 Å². The van der Waals surface area contributed by atoms with Crippen LogP contribution in [0.1, 0.15) is 35.0 Å². The molecular formula is C19H24N4O3S. The molecule has 1 aromatic heterocycles. The van der Waals surface area contributed by atoms with Gasteiger partial charge in [-0.2, -0.15) is 0 Å². The zero-order chi connectivity index (χ0) is 19.4. The van der Waals surface area contributed by atoms with Gasteiger partial charge in [0.15, 0.2) is 21.3 Å². The second-order valence-corrected chi connectivity index (χ2v) is 9.02. The normalized spacial score (nSPS) is 18.2. The van der Waals surface area contributed by atoms with Crippen molar-refractivity contribution >= 4 is 21.6 Å². The molecule has 1 aliphatic rings. The van der Waals surface area contributed by atoms with Gasteiger partial charge in [0.1, 0.15) is 0 Å². The third-order valence-corrected chi connectivity index (χ3v) is 6.45. The monoisotopic (exact) mass is 388 g/mol. The van der Waals surface area contributed by atoms with Crippen LogP contribution >= 0.6 is 0 Å². The smallest absolute Gasteiger partial charge is 0.272 e. The molecule has 8 heteroatoms. The van der Waals surface area contributed by atoms with Gasteiger partial charge in [0.25, 0.3) is 5.91 Å². The fourth-order valence-electron chi connectivity index (χ4n) is 3.32. The van der Waals surface area contributed by atoms with E-state index >= 15 is 0 Å². The minimum absolute atomic E-state index is 0.0877. The van der Waals surface area contributed by atoms with E-state index < -0.39 is 9.84 Å². The average molecular weight is 388 g/mol. The number of carbonyl (C=O) groups excluding carboxylic acids is 1. The minimum Gasteiger partial charge on any atom is -0.351 e. The number of carbonyl (C=O) groups is 1. The van der Waals surface area contributed by atoms with E-state index in [1.165, 1.54) is 0 Å². The quantitative estimate of drug-likeness (QED) is 0.810. The van der Waals surface area contributed by atoms with E-state index in [1.807, 2.05) is 43.0 Å². The molecule has 1 fully saturated rings. The van der Waals surface area contributed by atoms with E-state index in [2.05, 4.69) is 15.5 Å². The lowest BCUT2D eigenvalue weighted by Gasteiger charge is -2.27. The highest BCUT2D eigenvalue weighted by Crippen LogP contribution is 2.22. The maximum atomic E-state index is 12.3. The van der Waals surface area contributed by atoms with Crippen molar-refractivity contribution in [3.63, 3.8) is 0 Å². The van der Waals surface area contributed by atoms with Crippen molar-refractivity contribution in [2.24, 2.45) is 0 Å². The molecule has 2 heterocycles. The molecular weight excluding hydrogens is 364 g/mol. The van der Waals surface area contributed by atoms with E-state index in [1.54, 1.807) is 12.1 Å². The van der Waals surface area contributed by atoms with Crippen molar-refractivity contribution in [3.05, 3.63) is 53.2 Å². The zero-order valence-corrected chi connectivity index (χ0v) is 16.4. The first kappa shape index (κ1) is 19.3. The Balaban J connectivity index is 1.64. The Labute approximate surface area is 159 Å². The Morgan fingerprint density at radius 2 is 2.07 bits per heavy atom. The summed E-state index contributed by atoms with van der Waals surface area (Å²) >= 11 is 0. The fraction of sp³-hybridized carbons (Fsp3) is 0.421. The van der Waals surface area contributed by atoms with Crippen molar-refractivity contribution in [1.82, 2.24) is 15.5 Å². The minimum atomic E-state index is -2.97. The number of hydrogen-bond acceptors (Lipinski definition) is 6. The van der Waals surface area contributed by atoms with E-state index in [9.17, 15) is 13.2 Å². The van der Waals surface area contributed by atoms with E-state index in [-0.39, 0.29) is 29.1 Å². The van der Waals surface area contributed by atoms with Gasteiger partial charge < -0.3 is 10.2 Å². The number of nitrogens with zero attached hydrogens (tertiary/aromatic N) is 3. The van der Waals surface area contributed by atoms with Crippen molar-refractivity contribution < 1.29 is 13.2 Å². The van der Waals surface area contributed by atoms with Gasteiger partial charge in [0.05, 0.1) is 11.5 Å². The lowest BCUT2D eigenvalue weighted by atomic mass is 10.1. The van der Waals surface area contributed by atoms with Crippen molar-refractivity contribution in [2.75, 3.05) is 23.0 Å². The summed E-state index contributed by atoms with van der Waals surface area (Å²) in [6, 6.07) is 11.2. The van der Waals surface area contributed by atoms with Crippen LogP contribution in [0.4, 0.5) is 5.82 Å². The first-order valence-corrected chi connectivity index (χ1v) is 10.8. The van der Waals surface area contributed by atoms with Gasteiger partial charge in [0.2, 0.25) is 0 Å². The van der Waals surface area contributed by atoms with E-state index in [0.29, 0.717) is 25.3 Å². The van der Waals surface area contributed by atoms with Crippen LogP contribution in [0.5, 0.6) is 0 Å². The Morgan fingerprint density at radius 1 is 1.26 bits per heavy atom. The molecule has 0 spiro atoms. The van der Waals surface area contributed by atoms with Crippen LogP contribution in [0, 0.1) is 6.92 Å². The summed E-state index contributed by atoms with van der Waals surface area (Å²) in [4.78, 5) is 14.2. The molecule has 1 unspecified atom stereocenters. The van der Waals surface area contributed by atoms with Crippen LogP contribution in [0.2, 0.25) is 0 Å². The maximum Gasteiger partial charge on any atom is 0.272 e. The molecule has 0 bridgehead atoms. The lowest BCUT2D eigenvalue weighted by Crippen LogP contribution is -2.37. The summed E-state index contributed by atoms with van der Waals surface area (Å²) < 4.78 is 23.5. The molecule has 0 aliphatic carbocycles. The van der Waals surface area contributed by atoms with Gasteiger partial charge in [-0.1, -0.05) is 29.8 Å². The number of benzene rings is 1. The Kier molecular flexibility index (Phi) is 5.74. The molecule has 27 heavy (non-hydrogen) atoms. The first-order valence-electron chi connectivity index (χ1n) is 9.02. The Hall–Kier alpha value is -2.48. The molecule has 1 atom stereocenters. The molecule has 144 valence electrons. The average Bonchev–Trinajstić information content (AvgIpc) is 3.00. The highest BCUT2D eigenvalue weighted by Gasteiger charge is 2.32. The van der Waals surface area contributed by atoms with Gasteiger partial charge >= 0.3 is 0 Å². The molecule has 2 aromatic rings. The molecule has 0 saturated carbocycles. The summed E-state index contributed by atoms with van der Waals surface area (Å²) in [5.74, 6) is 0.652. The highest BCUT2D eigenvalue weighted by atomic mass is 32.2. The standard InChI is InChI=1S/C19H24N4O3S/c1-3-23(16-9-10-27(25,26)13-16)18-8-7-17(21-22-18)19(24)20-12-15-6-4-5-14(2)11-15/h4-8,11,16H,3,9-10,12-13H2,1-2H3,(H,20,24). The summed E-state index contributed by atoms with van der Waals surface area (Å²) in [5.41, 5.74) is 2.40. The number of aromatic nitrogens is 2. The molecule has 7 nitrogen and oxygen atoms in total. The van der Waals surface area contributed by atoms with Gasteiger partial charge in [-0.25, -0.2) is 8.42 Å². The van der Waals surface area contributed by atoms with Crippen LogP contribution < -0.4 is 10.2 Å². The number of hydrogen-bond donors (Lipinski definition) is 1. The largest absolute Gasteiger partial charge is 0.351 e. The highest BCUT2D eigenvalue weighted by molar-refractivity contribution is 7.91. The third kappa shape index (κ3) is 4.82. The second-order valence-electron chi connectivity index (χ2n) is 6.79. The number of rotatable bonds is 6. The van der Waals surface area contributed by atoms with Crippen LogP contribution in [-0.4, -0.2) is 48.6 Å². The molecule has 0 radical (unpaired) electrons. The summed E-state index contributed by atoms with van der Waals surface area (Å²) in [7, 11) is -2.97. The molecule has 3 rings (SSSR count). The number of anilines is 1. The van der Waals surface area contributed by atoms with Crippen LogP contribution in [-0.2, 0) is 16.4 Å². The second kappa shape index (κ2) is 8.04. The predicted octanol–water partition coefficient (Wildman–Crippen LogP) is 1.73. The molecule has 1 aromatic carbocycles. The van der Waals surface area contributed by atoms with Crippen molar-refractivity contribution in [1.29, 1.82) is 0 Å². The number of nitrogens with one attached hydrogen (secondary N) is 1. The first-order chi connectivity index (χ1) is 12.9. The zero-order valence-electron chi connectivity index (χ0n) is 15.6. The summed E-state index contributed by atoms with van der Waals surface area (Å²) in [5, 5.41) is 11.0. The number of aryl methyl sites for hydroxylation is 1. The van der Waals surface area contributed by atoms with E-state index in [0.717, 1.165) is 11.1 Å². The third-order valence-electron chi connectivity index (χ3n) is 4.70.